The van der Waals surface area contributed by atoms with Crippen LogP contribution < -0.4 is 10.6 Å². The molecule has 1 atom stereocenters. The van der Waals surface area contributed by atoms with Gasteiger partial charge in [-0.15, -0.1) is 11.3 Å². The smallest absolute Gasteiger partial charge is 0.191 e. The van der Waals surface area contributed by atoms with Gasteiger partial charge in [0.2, 0.25) is 0 Å². The fraction of sp³-hybridized carbons (Fsp3) is 0.706. The Bertz CT molecular complexity index is 477. The Morgan fingerprint density at radius 1 is 1.45 bits per heavy atom. The van der Waals surface area contributed by atoms with E-state index in [0.29, 0.717) is 6.04 Å². The molecule has 0 saturated heterocycles. The van der Waals surface area contributed by atoms with E-state index in [4.69, 9.17) is 0 Å². The molecule has 124 valence electrons. The predicted molar refractivity (Wildman–Crippen MR) is 97.0 cm³/mol. The molecule has 0 aromatic carbocycles. The van der Waals surface area contributed by atoms with E-state index in [1.807, 2.05) is 18.4 Å². The molecule has 1 heterocycles. The van der Waals surface area contributed by atoms with Crippen molar-refractivity contribution in [1.29, 1.82) is 0 Å². The lowest BCUT2D eigenvalue weighted by molar-refractivity contribution is 0.247. The van der Waals surface area contributed by atoms with Crippen molar-refractivity contribution in [2.24, 2.45) is 4.99 Å². The Balaban J connectivity index is 1.77. The summed E-state index contributed by atoms with van der Waals surface area (Å²) >= 11 is 1.81. The van der Waals surface area contributed by atoms with Crippen LogP contribution >= 0.6 is 11.3 Å². The van der Waals surface area contributed by atoms with Crippen LogP contribution in [0.3, 0.4) is 0 Å². The summed E-state index contributed by atoms with van der Waals surface area (Å²) in [4.78, 5) is 8.21. The fourth-order valence-corrected chi connectivity index (χ4v) is 3.36. The summed E-state index contributed by atoms with van der Waals surface area (Å²) in [5.74, 6) is 0.890. The van der Waals surface area contributed by atoms with Crippen LogP contribution in [0.4, 0.5) is 0 Å². The van der Waals surface area contributed by atoms with E-state index in [-0.39, 0.29) is 5.41 Å². The molecule has 1 aliphatic rings. The summed E-state index contributed by atoms with van der Waals surface area (Å²) in [6.07, 6.45) is 2.70. The van der Waals surface area contributed by atoms with Gasteiger partial charge in [-0.25, -0.2) is 0 Å². The maximum Gasteiger partial charge on any atom is 0.191 e. The van der Waals surface area contributed by atoms with Crippen LogP contribution in [-0.4, -0.2) is 50.1 Å². The third kappa shape index (κ3) is 4.71. The van der Waals surface area contributed by atoms with Crippen molar-refractivity contribution in [2.75, 3.05) is 27.2 Å². The molecule has 5 heteroatoms. The summed E-state index contributed by atoms with van der Waals surface area (Å²) in [6, 6.07) is 5.64. The highest BCUT2D eigenvalue weighted by Gasteiger charge is 2.29. The van der Waals surface area contributed by atoms with Gasteiger partial charge in [0.1, 0.15) is 0 Å². The van der Waals surface area contributed by atoms with Crippen LogP contribution in [0, 0.1) is 0 Å². The van der Waals surface area contributed by atoms with Crippen LogP contribution in [0.25, 0.3) is 0 Å². The van der Waals surface area contributed by atoms with E-state index >= 15 is 0 Å². The molecule has 2 N–H and O–H groups in total. The highest BCUT2D eigenvalue weighted by atomic mass is 32.1. The lowest BCUT2D eigenvalue weighted by atomic mass is 9.91. The van der Waals surface area contributed by atoms with Gasteiger partial charge in [0.15, 0.2) is 5.96 Å². The Kier molecular flexibility index (Phi) is 5.87. The third-order valence-electron chi connectivity index (χ3n) is 4.49. The zero-order chi connectivity index (χ0) is 16.2. The summed E-state index contributed by atoms with van der Waals surface area (Å²) in [7, 11) is 4.06. The van der Waals surface area contributed by atoms with Crippen molar-refractivity contribution in [2.45, 2.75) is 51.1 Å². The first-order valence-electron chi connectivity index (χ1n) is 8.14. The van der Waals surface area contributed by atoms with Gasteiger partial charge in [-0.2, -0.15) is 0 Å². The van der Waals surface area contributed by atoms with Crippen LogP contribution in [0.15, 0.2) is 22.5 Å². The molecule has 1 unspecified atom stereocenters. The molecule has 2 rings (SSSR count). The van der Waals surface area contributed by atoms with E-state index in [2.05, 4.69) is 65.9 Å². The second kappa shape index (κ2) is 7.47. The monoisotopic (exact) mass is 322 g/mol. The predicted octanol–water partition coefficient (Wildman–Crippen LogP) is 2.67. The zero-order valence-corrected chi connectivity index (χ0v) is 15.3. The highest BCUT2D eigenvalue weighted by Crippen LogP contribution is 2.27. The van der Waals surface area contributed by atoms with Crippen molar-refractivity contribution in [3.8, 4) is 0 Å². The molecule has 4 nitrogen and oxygen atoms in total. The van der Waals surface area contributed by atoms with Gasteiger partial charge in [0.05, 0.1) is 0 Å². The number of thiophene rings is 1. The molecule has 1 aromatic heterocycles. The summed E-state index contributed by atoms with van der Waals surface area (Å²) < 4.78 is 0. The van der Waals surface area contributed by atoms with Gasteiger partial charge in [-0.3, -0.25) is 9.89 Å². The number of hydrogen-bond donors (Lipinski definition) is 2. The van der Waals surface area contributed by atoms with Gasteiger partial charge < -0.3 is 10.6 Å². The minimum absolute atomic E-state index is 0.113. The second-order valence-electron chi connectivity index (χ2n) is 6.91. The SMILES string of the molecule is CN=C(NCC(C)N(C)C1CC1)NCC(C)(C)c1cccs1. The molecule has 1 fully saturated rings. The summed E-state index contributed by atoms with van der Waals surface area (Å²) in [5, 5.41) is 9.05. The lowest BCUT2D eigenvalue weighted by Crippen LogP contribution is -2.47. The highest BCUT2D eigenvalue weighted by molar-refractivity contribution is 7.10. The molecule has 0 amide bonds. The number of nitrogens with one attached hydrogen (secondary N) is 2. The Morgan fingerprint density at radius 2 is 2.18 bits per heavy atom. The quantitative estimate of drug-likeness (QED) is 0.599. The van der Waals surface area contributed by atoms with Crippen molar-refractivity contribution >= 4 is 17.3 Å². The van der Waals surface area contributed by atoms with Crippen LogP contribution in [-0.2, 0) is 5.41 Å². The van der Waals surface area contributed by atoms with Crippen LogP contribution in [0.5, 0.6) is 0 Å². The Morgan fingerprint density at radius 3 is 2.73 bits per heavy atom. The Labute approximate surface area is 139 Å². The van der Waals surface area contributed by atoms with E-state index in [0.717, 1.165) is 25.1 Å². The standard InChI is InChI=1S/C17H30N4S/c1-13(21(5)14-8-9-14)11-19-16(18-4)20-12-17(2,3)15-7-6-10-22-15/h6-7,10,13-14H,8-9,11-12H2,1-5H3,(H2,18,19,20). The lowest BCUT2D eigenvalue weighted by Gasteiger charge is -2.27. The summed E-state index contributed by atoms with van der Waals surface area (Å²) in [6.45, 7) is 8.60. The molecule has 0 spiro atoms. The van der Waals surface area contributed by atoms with E-state index in [9.17, 15) is 0 Å². The number of rotatable bonds is 7. The molecular formula is C17H30N4S. The number of guanidine groups is 1. The van der Waals surface area contributed by atoms with Crippen molar-refractivity contribution in [1.82, 2.24) is 15.5 Å². The Hall–Kier alpha value is -1.07. The normalized spacial score (nSPS) is 17.6. The van der Waals surface area contributed by atoms with E-state index in [1.165, 1.54) is 17.7 Å². The molecular weight excluding hydrogens is 292 g/mol. The molecule has 0 radical (unpaired) electrons. The number of hydrogen-bond acceptors (Lipinski definition) is 3. The third-order valence-corrected chi connectivity index (χ3v) is 5.73. The topological polar surface area (TPSA) is 39.7 Å². The van der Waals surface area contributed by atoms with Gasteiger partial charge in [0, 0.05) is 42.5 Å². The zero-order valence-electron chi connectivity index (χ0n) is 14.5. The van der Waals surface area contributed by atoms with Crippen molar-refractivity contribution < 1.29 is 0 Å². The molecule has 22 heavy (non-hydrogen) atoms. The first kappa shape index (κ1) is 17.3. The molecule has 1 aliphatic carbocycles. The van der Waals surface area contributed by atoms with Gasteiger partial charge in [-0.1, -0.05) is 19.9 Å². The largest absolute Gasteiger partial charge is 0.356 e. The molecule has 1 aromatic rings. The molecule has 1 saturated carbocycles. The van der Waals surface area contributed by atoms with Crippen LogP contribution in [0.1, 0.15) is 38.5 Å². The second-order valence-corrected chi connectivity index (χ2v) is 7.86. The van der Waals surface area contributed by atoms with Crippen molar-refractivity contribution in [3.63, 3.8) is 0 Å². The van der Waals surface area contributed by atoms with E-state index in [1.54, 1.807) is 0 Å². The average molecular weight is 323 g/mol. The summed E-state index contributed by atoms with van der Waals surface area (Å²) in [5.41, 5.74) is 0.113. The minimum Gasteiger partial charge on any atom is -0.356 e. The van der Waals surface area contributed by atoms with Gasteiger partial charge >= 0.3 is 0 Å². The minimum atomic E-state index is 0.113. The van der Waals surface area contributed by atoms with Crippen LogP contribution in [0.2, 0.25) is 0 Å². The first-order chi connectivity index (χ1) is 10.4. The van der Waals surface area contributed by atoms with E-state index < -0.39 is 0 Å². The fourth-order valence-electron chi connectivity index (χ4n) is 2.51. The van der Waals surface area contributed by atoms with Gasteiger partial charge in [0.25, 0.3) is 0 Å². The molecule has 0 aliphatic heterocycles. The maximum atomic E-state index is 4.34. The number of aliphatic imine (C=N–C) groups is 1. The average Bonchev–Trinajstić information content (AvgIpc) is 3.19. The van der Waals surface area contributed by atoms with Crippen molar-refractivity contribution in [3.05, 3.63) is 22.4 Å². The molecule has 0 bridgehead atoms. The van der Waals surface area contributed by atoms with Gasteiger partial charge in [-0.05, 0) is 38.3 Å². The number of likely N-dealkylation sites (N-methyl/N-ethyl adjacent to an activating group) is 1. The first-order valence-corrected chi connectivity index (χ1v) is 9.02. The maximum absolute atomic E-state index is 4.34. The number of nitrogens with zero attached hydrogens (tertiary/aromatic N) is 2.